The van der Waals surface area contributed by atoms with Crippen LogP contribution in [0.1, 0.15) is 27.2 Å². The molecule has 8 nitrogen and oxygen atoms in total. The molecule has 6 rings (SSSR count). The standard InChI is InChI=1S/C31H33N3O5/c1-18-16-31-25(24(30(18,3)39-31)27(36)32-22-11-5-4-6-12-22)29(38)34(19(2)17-35)26(31)28(37)33-23-14-13-20-9-7-8-10-21(20)15-23/h4-15,18-19,24-26,35H,16-17H2,1-3H3,(H,32,36)(H,33,37)/t18?,19-,24+,25+,26?,30-,31?/m1/s1. The van der Waals surface area contributed by atoms with E-state index in [2.05, 4.69) is 10.6 Å². The molecule has 202 valence electrons. The van der Waals surface area contributed by atoms with Crippen LogP contribution in [0.15, 0.2) is 72.8 Å². The second-order valence-electron chi connectivity index (χ2n) is 11.4. The molecule has 3 saturated heterocycles. The third kappa shape index (κ3) is 3.77. The van der Waals surface area contributed by atoms with Crippen LogP contribution in [0, 0.1) is 17.8 Å². The van der Waals surface area contributed by atoms with E-state index in [1.54, 1.807) is 19.1 Å². The number of carbonyl (C=O) groups is 3. The smallest absolute Gasteiger partial charge is 0.250 e. The minimum absolute atomic E-state index is 0.0755. The van der Waals surface area contributed by atoms with Crippen molar-refractivity contribution in [3.8, 4) is 0 Å². The molecule has 3 N–H and O–H groups in total. The van der Waals surface area contributed by atoms with Crippen LogP contribution in [0.25, 0.3) is 10.8 Å². The zero-order valence-corrected chi connectivity index (χ0v) is 22.3. The van der Waals surface area contributed by atoms with Gasteiger partial charge in [0.05, 0.1) is 30.1 Å². The Morgan fingerprint density at radius 2 is 1.67 bits per heavy atom. The highest BCUT2D eigenvalue weighted by Crippen LogP contribution is 2.65. The number of rotatable bonds is 6. The first kappa shape index (κ1) is 25.5. The van der Waals surface area contributed by atoms with Gasteiger partial charge in [-0.25, -0.2) is 0 Å². The summed E-state index contributed by atoms with van der Waals surface area (Å²) >= 11 is 0. The molecule has 39 heavy (non-hydrogen) atoms. The summed E-state index contributed by atoms with van der Waals surface area (Å²) in [5, 5.41) is 18.1. The fourth-order valence-electron chi connectivity index (χ4n) is 7.16. The maximum atomic E-state index is 14.1. The third-order valence-electron chi connectivity index (χ3n) is 9.08. The summed E-state index contributed by atoms with van der Waals surface area (Å²) < 4.78 is 6.73. The lowest BCUT2D eigenvalue weighted by Gasteiger charge is -2.36. The van der Waals surface area contributed by atoms with Crippen LogP contribution < -0.4 is 10.6 Å². The van der Waals surface area contributed by atoms with Gasteiger partial charge in [0.2, 0.25) is 17.7 Å². The SMILES string of the molecule is CC1CC23O[C@@]1(C)[C@H](C(=O)Nc1ccccc1)[C@H]2C(=O)N([C@H](C)CO)C3C(=O)Nc1ccc2ccccc2c1. The molecule has 8 heteroatoms. The van der Waals surface area contributed by atoms with E-state index in [1.165, 1.54) is 4.90 Å². The van der Waals surface area contributed by atoms with Gasteiger partial charge in [0.1, 0.15) is 11.6 Å². The Balaban J connectivity index is 1.38. The monoisotopic (exact) mass is 527 g/mol. The van der Waals surface area contributed by atoms with Crippen molar-refractivity contribution in [1.29, 1.82) is 0 Å². The predicted octanol–water partition coefficient (Wildman–Crippen LogP) is 3.81. The lowest BCUT2D eigenvalue weighted by molar-refractivity contribution is -0.147. The minimum Gasteiger partial charge on any atom is -0.394 e. The molecule has 3 amide bonds. The van der Waals surface area contributed by atoms with Crippen LogP contribution >= 0.6 is 0 Å². The summed E-state index contributed by atoms with van der Waals surface area (Å²) in [5.74, 6) is -2.73. The Bertz CT molecular complexity index is 1460. The summed E-state index contributed by atoms with van der Waals surface area (Å²) in [4.78, 5) is 43.4. The zero-order valence-electron chi connectivity index (χ0n) is 22.3. The number of nitrogens with one attached hydrogen (secondary N) is 2. The highest BCUT2D eigenvalue weighted by Gasteiger charge is 2.80. The third-order valence-corrected chi connectivity index (χ3v) is 9.08. The van der Waals surface area contributed by atoms with Crippen LogP contribution in [-0.4, -0.2) is 57.6 Å². The molecule has 0 saturated carbocycles. The molecular formula is C31H33N3O5. The summed E-state index contributed by atoms with van der Waals surface area (Å²) in [6.07, 6.45) is 0.458. The number of para-hydroxylation sites is 1. The molecule has 3 aromatic carbocycles. The average Bonchev–Trinajstić information content (AvgIpc) is 3.45. The number of likely N-dealkylation sites (tertiary alicyclic amines) is 1. The molecule has 3 aliphatic heterocycles. The minimum atomic E-state index is -1.19. The quantitative estimate of drug-likeness (QED) is 0.452. The van der Waals surface area contributed by atoms with Crippen molar-refractivity contribution in [2.75, 3.05) is 17.2 Å². The van der Waals surface area contributed by atoms with E-state index in [0.29, 0.717) is 17.8 Å². The van der Waals surface area contributed by atoms with Crippen molar-refractivity contribution in [1.82, 2.24) is 4.90 Å². The highest BCUT2D eigenvalue weighted by atomic mass is 16.5. The van der Waals surface area contributed by atoms with Crippen molar-refractivity contribution in [3.05, 3.63) is 72.8 Å². The Kier molecular flexibility index (Phi) is 6.00. The van der Waals surface area contributed by atoms with Gasteiger partial charge in [0.15, 0.2) is 0 Å². The molecule has 0 aromatic heterocycles. The van der Waals surface area contributed by atoms with Crippen molar-refractivity contribution >= 4 is 39.9 Å². The fraction of sp³-hybridized carbons (Fsp3) is 0.387. The molecular weight excluding hydrogens is 494 g/mol. The number of aliphatic hydroxyl groups is 1. The summed E-state index contributed by atoms with van der Waals surface area (Å²) in [6.45, 7) is 5.28. The molecule has 0 radical (unpaired) electrons. The Labute approximate surface area is 227 Å². The highest BCUT2D eigenvalue weighted by molar-refractivity contribution is 6.06. The first-order valence-electron chi connectivity index (χ1n) is 13.5. The Hall–Kier alpha value is -3.75. The topological polar surface area (TPSA) is 108 Å². The van der Waals surface area contributed by atoms with Gasteiger partial charge in [0.25, 0.3) is 0 Å². The molecule has 3 aliphatic rings. The molecule has 1 spiro atoms. The van der Waals surface area contributed by atoms with Gasteiger partial charge in [-0.3, -0.25) is 14.4 Å². The molecule has 2 bridgehead atoms. The number of hydrogen-bond donors (Lipinski definition) is 3. The van der Waals surface area contributed by atoms with Crippen LogP contribution in [-0.2, 0) is 19.1 Å². The zero-order chi connectivity index (χ0) is 27.5. The predicted molar refractivity (Wildman–Crippen MR) is 148 cm³/mol. The van der Waals surface area contributed by atoms with Crippen molar-refractivity contribution in [2.45, 2.75) is 50.5 Å². The number of fused-ring (bicyclic) bond motifs is 2. The van der Waals surface area contributed by atoms with Crippen molar-refractivity contribution in [2.24, 2.45) is 17.8 Å². The maximum absolute atomic E-state index is 14.1. The van der Waals surface area contributed by atoms with Gasteiger partial charge in [-0.2, -0.15) is 0 Å². The van der Waals surface area contributed by atoms with Crippen LogP contribution in [0.4, 0.5) is 11.4 Å². The second-order valence-corrected chi connectivity index (χ2v) is 11.4. The number of ether oxygens (including phenoxy) is 1. The second kappa shape index (κ2) is 9.17. The number of amides is 3. The lowest BCUT2D eigenvalue weighted by Crippen LogP contribution is -2.56. The number of anilines is 2. The van der Waals surface area contributed by atoms with E-state index in [9.17, 15) is 19.5 Å². The number of nitrogens with zero attached hydrogens (tertiary/aromatic N) is 1. The fourth-order valence-corrected chi connectivity index (χ4v) is 7.16. The Morgan fingerprint density at radius 1 is 1.00 bits per heavy atom. The van der Waals surface area contributed by atoms with Gasteiger partial charge in [0, 0.05) is 11.4 Å². The van der Waals surface area contributed by atoms with Crippen molar-refractivity contribution in [3.63, 3.8) is 0 Å². The number of benzene rings is 3. The van der Waals surface area contributed by atoms with Crippen molar-refractivity contribution < 1.29 is 24.2 Å². The van der Waals surface area contributed by atoms with E-state index in [1.807, 2.05) is 74.5 Å². The summed E-state index contributed by atoms with van der Waals surface area (Å²) in [7, 11) is 0. The summed E-state index contributed by atoms with van der Waals surface area (Å²) in [5.41, 5.74) is -0.872. The van der Waals surface area contributed by atoms with Gasteiger partial charge >= 0.3 is 0 Å². The van der Waals surface area contributed by atoms with Gasteiger partial charge in [-0.05, 0) is 61.2 Å². The van der Waals surface area contributed by atoms with E-state index in [4.69, 9.17) is 4.74 Å². The summed E-state index contributed by atoms with van der Waals surface area (Å²) in [6, 6.07) is 21.0. The van der Waals surface area contributed by atoms with Gasteiger partial charge in [-0.15, -0.1) is 0 Å². The van der Waals surface area contributed by atoms with Crippen LogP contribution in [0.3, 0.4) is 0 Å². The largest absolute Gasteiger partial charge is 0.394 e. The average molecular weight is 528 g/mol. The number of carbonyl (C=O) groups excluding carboxylic acids is 3. The molecule has 3 fully saturated rings. The normalized spacial score (nSPS) is 31.8. The molecule has 7 atom stereocenters. The van der Waals surface area contributed by atoms with Gasteiger partial charge in [-0.1, -0.05) is 55.5 Å². The van der Waals surface area contributed by atoms with E-state index < -0.39 is 35.1 Å². The Morgan fingerprint density at radius 3 is 2.38 bits per heavy atom. The molecule has 3 aromatic rings. The van der Waals surface area contributed by atoms with Gasteiger partial charge < -0.3 is 25.4 Å². The van der Waals surface area contributed by atoms with Crippen LogP contribution in [0.5, 0.6) is 0 Å². The number of aliphatic hydroxyl groups excluding tert-OH is 1. The first-order chi connectivity index (χ1) is 18.7. The van der Waals surface area contributed by atoms with E-state index in [-0.39, 0.29) is 30.2 Å². The lowest BCUT2D eigenvalue weighted by atomic mass is 9.62. The van der Waals surface area contributed by atoms with Crippen LogP contribution in [0.2, 0.25) is 0 Å². The first-order valence-corrected chi connectivity index (χ1v) is 13.5. The van der Waals surface area contributed by atoms with E-state index >= 15 is 0 Å². The maximum Gasteiger partial charge on any atom is 0.250 e. The molecule has 3 heterocycles. The molecule has 0 aliphatic carbocycles. The number of hydrogen-bond acceptors (Lipinski definition) is 5. The molecule has 3 unspecified atom stereocenters. The van der Waals surface area contributed by atoms with E-state index in [0.717, 1.165) is 10.8 Å².